The number of hydrogen-bond acceptors (Lipinski definition) is 5. The minimum Gasteiger partial charge on any atom is -0.400 e. The first-order valence-electron chi connectivity index (χ1n) is 10.1. The predicted molar refractivity (Wildman–Crippen MR) is 112 cm³/mol. The fourth-order valence-electron chi connectivity index (χ4n) is 2.41. The van der Waals surface area contributed by atoms with Crippen LogP contribution in [-0.2, 0) is 14.3 Å². The summed E-state index contributed by atoms with van der Waals surface area (Å²) in [7, 11) is 2.57. The molecule has 0 aromatic heterocycles. The molecule has 28 heavy (non-hydrogen) atoms. The highest BCUT2D eigenvalue weighted by Gasteiger charge is 2.16. The Labute approximate surface area is 171 Å². The van der Waals surface area contributed by atoms with Crippen LogP contribution in [0.1, 0.15) is 72.6 Å². The van der Waals surface area contributed by atoms with Crippen molar-refractivity contribution in [2.24, 2.45) is 5.41 Å². The maximum atomic E-state index is 12.1. The topological polar surface area (TPSA) is 99.1 Å². The van der Waals surface area contributed by atoms with Gasteiger partial charge in [-0.2, -0.15) is 0 Å². The van der Waals surface area contributed by atoms with Crippen LogP contribution in [0.15, 0.2) is 12.2 Å². The summed E-state index contributed by atoms with van der Waals surface area (Å²) in [4.78, 5) is 23.3. The van der Waals surface area contributed by atoms with Crippen LogP contribution in [0.4, 0.5) is 0 Å². The monoisotopic (exact) mass is 402 g/mol. The van der Waals surface area contributed by atoms with E-state index in [1.54, 1.807) is 14.0 Å². The Morgan fingerprint density at radius 1 is 1.14 bits per heavy atom. The summed E-state index contributed by atoms with van der Waals surface area (Å²) in [5.41, 5.74) is 0.189. The highest BCUT2D eigenvalue weighted by atomic mass is 16.5. The van der Waals surface area contributed by atoms with Gasteiger partial charge in [0.05, 0.1) is 0 Å². The molecule has 0 aliphatic heterocycles. The lowest BCUT2D eigenvalue weighted by Crippen LogP contribution is -2.36. The molecule has 0 fully saturated rings. The van der Waals surface area contributed by atoms with Gasteiger partial charge in [-0.15, -0.1) is 0 Å². The lowest BCUT2D eigenvalue weighted by Gasteiger charge is -2.16. The maximum Gasteiger partial charge on any atom is 0.249 e. The van der Waals surface area contributed by atoms with E-state index in [0.29, 0.717) is 32.4 Å². The Morgan fingerprint density at radius 2 is 1.79 bits per heavy atom. The van der Waals surface area contributed by atoms with Gasteiger partial charge < -0.3 is 15.2 Å². The highest BCUT2D eigenvalue weighted by Crippen LogP contribution is 2.15. The van der Waals surface area contributed by atoms with Gasteiger partial charge in [0.15, 0.2) is 0 Å². The van der Waals surface area contributed by atoms with Gasteiger partial charge in [-0.05, 0) is 43.9 Å². The van der Waals surface area contributed by atoms with Gasteiger partial charge in [0.2, 0.25) is 11.8 Å². The van der Waals surface area contributed by atoms with E-state index < -0.39 is 6.10 Å². The van der Waals surface area contributed by atoms with Crippen molar-refractivity contribution >= 4 is 11.8 Å². The van der Waals surface area contributed by atoms with Gasteiger partial charge in [0.25, 0.3) is 0 Å². The molecule has 0 bridgehead atoms. The molecule has 7 heteroatoms. The third-order valence-electron chi connectivity index (χ3n) is 3.97. The number of methoxy groups -OCH3 is 1. The fraction of sp³-hybridized carbons (Fsp3) is 0.810. The van der Waals surface area contributed by atoms with E-state index in [-0.39, 0.29) is 17.2 Å². The number of ether oxygens (including phenoxy) is 1. The number of hydroxylamine groups is 2. The average molecular weight is 403 g/mol. The number of amides is 2. The standard InChI is InChI=1S/C20H38N2O4.CH4O/c1-6-18(23)22(25)16-12-8-11-15-21-19(24)17(26-5)13-9-7-10-14-20(2,3)4;1-2/h10,14,17,25H,6-9,11-13,15-16H2,1-5H3,(H,21,24);2H,1H3/b14-10+;. The van der Waals surface area contributed by atoms with Crippen LogP contribution in [0, 0.1) is 5.41 Å². The van der Waals surface area contributed by atoms with Gasteiger partial charge in [0.1, 0.15) is 6.10 Å². The minimum absolute atomic E-state index is 0.0720. The molecule has 0 spiro atoms. The van der Waals surface area contributed by atoms with Crippen molar-refractivity contribution in [1.82, 2.24) is 10.4 Å². The van der Waals surface area contributed by atoms with Crippen molar-refractivity contribution in [1.29, 1.82) is 0 Å². The van der Waals surface area contributed by atoms with Crippen LogP contribution < -0.4 is 5.32 Å². The number of allylic oxidation sites excluding steroid dienone is 2. The Bertz CT molecular complexity index is 433. The molecule has 3 N–H and O–H groups in total. The van der Waals surface area contributed by atoms with E-state index in [1.807, 2.05) is 0 Å². The second-order valence-electron chi connectivity index (χ2n) is 7.65. The molecule has 2 amide bonds. The molecule has 0 aromatic rings. The maximum absolute atomic E-state index is 12.1. The number of nitrogens with zero attached hydrogens (tertiary/aromatic N) is 1. The van der Waals surface area contributed by atoms with Crippen LogP contribution in [0.2, 0.25) is 0 Å². The van der Waals surface area contributed by atoms with E-state index in [4.69, 9.17) is 9.84 Å². The summed E-state index contributed by atoms with van der Waals surface area (Å²) in [6.07, 6.45) is 9.17. The normalized spacial score (nSPS) is 12.3. The van der Waals surface area contributed by atoms with E-state index in [1.165, 1.54) is 0 Å². The van der Waals surface area contributed by atoms with Crippen molar-refractivity contribution in [3.05, 3.63) is 12.2 Å². The van der Waals surface area contributed by atoms with Crippen molar-refractivity contribution < 1.29 is 24.6 Å². The predicted octanol–water partition coefficient (Wildman–Crippen LogP) is 3.30. The van der Waals surface area contributed by atoms with Crippen molar-refractivity contribution in [3.8, 4) is 0 Å². The number of aliphatic hydroxyl groups is 1. The lowest BCUT2D eigenvalue weighted by molar-refractivity contribution is -0.165. The van der Waals surface area contributed by atoms with E-state index in [2.05, 4.69) is 38.2 Å². The Hall–Kier alpha value is -1.44. The molecule has 0 heterocycles. The molecule has 166 valence electrons. The zero-order valence-electron chi connectivity index (χ0n) is 18.7. The number of nitrogens with one attached hydrogen (secondary N) is 1. The summed E-state index contributed by atoms with van der Waals surface area (Å²) >= 11 is 0. The summed E-state index contributed by atoms with van der Waals surface area (Å²) < 4.78 is 5.29. The quantitative estimate of drug-likeness (QED) is 0.190. The zero-order chi connectivity index (χ0) is 22.0. The Kier molecular flexibility index (Phi) is 18.1. The van der Waals surface area contributed by atoms with Gasteiger partial charge in [0, 0.05) is 33.7 Å². The first-order chi connectivity index (χ1) is 13.2. The molecular weight excluding hydrogens is 360 g/mol. The van der Waals surface area contributed by atoms with Gasteiger partial charge in [-0.25, -0.2) is 5.06 Å². The smallest absolute Gasteiger partial charge is 0.249 e. The molecule has 1 atom stereocenters. The third kappa shape index (κ3) is 16.7. The van der Waals surface area contributed by atoms with Crippen LogP contribution in [-0.4, -0.2) is 60.6 Å². The van der Waals surface area contributed by atoms with Gasteiger partial charge in [-0.1, -0.05) is 39.8 Å². The first-order valence-corrected chi connectivity index (χ1v) is 10.1. The van der Waals surface area contributed by atoms with E-state index >= 15 is 0 Å². The molecule has 0 rings (SSSR count). The number of aliphatic hydroxyl groups excluding tert-OH is 1. The number of hydrogen-bond donors (Lipinski definition) is 3. The molecule has 0 saturated heterocycles. The number of carbonyl (C=O) groups is 2. The van der Waals surface area contributed by atoms with Crippen LogP contribution in [0.25, 0.3) is 0 Å². The van der Waals surface area contributed by atoms with Gasteiger partial charge in [-0.3, -0.25) is 14.8 Å². The summed E-state index contributed by atoms with van der Waals surface area (Å²) in [5, 5.41) is 20.1. The molecular formula is C21H42N2O5. The van der Waals surface area contributed by atoms with Gasteiger partial charge >= 0.3 is 0 Å². The number of rotatable bonds is 13. The molecule has 0 aliphatic carbocycles. The Morgan fingerprint density at radius 3 is 2.32 bits per heavy atom. The lowest BCUT2D eigenvalue weighted by atomic mass is 9.95. The fourth-order valence-corrected chi connectivity index (χ4v) is 2.41. The van der Waals surface area contributed by atoms with Crippen LogP contribution in [0.3, 0.4) is 0 Å². The van der Waals surface area contributed by atoms with Crippen LogP contribution in [0.5, 0.6) is 0 Å². The second kappa shape index (κ2) is 17.6. The minimum atomic E-state index is -0.409. The summed E-state index contributed by atoms with van der Waals surface area (Å²) in [6, 6.07) is 0. The molecule has 0 radical (unpaired) electrons. The summed E-state index contributed by atoms with van der Waals surface area (Å²) in [6.45, 7) is 9.12. The van der Waals surface area contributed by atoms with Crippen LogP contribution >= 0.6 is 0 Å². The molecule has 7 nitrogen and oxygen atoms in total. The second-order valence-corrected chi connectivity index (χ2v) is 7.65. The summed E-state index contributed by atoms with van der Waals surface area (Å²) in [5.74, 6) is -0.337. The van der Waals surface area contributed by atoms with Crippen molar-refractivity contribution in [2.45, 2.75) is 78.7 Å². The zero-order valence-corrected chi connectivity index (χ0v) is 18.7. The largest absolute Gasteiger partial charge is 0.400 e. The first kappa shape index (κ1) is 28.8. The van der Waals surface area contributed by atoms with E-state index in [0.717, 1.165) is 37.9 Å². The number of carbonyl (C=O) groups excluding carboxylic acids is 2. The average Bonchev–Trinajstić information content (AvgIpc) is 2.66. The molecule has 0 saturated carbocycles. The SMILES string of the molecule is CCC(=O)N(O)CCCCCNC(=O)C(CCC/C=C/C(C)(C)C)OC.CO. The van der Waals surface area contributed by atoms with E-state index in [9.17, 15) is 14.8 Å². The van der Waals surface area contributed by atoms with Crippen molar-refractivity contribution in [2.75, 3.05) is 27.3 Å². The molecule has 1 unspecified atom stereocenters. The molecule has 0 aromatic carbocycles. The third-order valence-corrected chi connectivity index (χ3v) is 3.97. The van der Waals surface area contributed by atoms with Crippen molar-refractivity contribution in [3.63, 3.8) is 0 Å². The molecule has 0 aliphatic rings. The Balaban J connectivity index is 0. The highest BCUT2D eigenvalue weighted by molar-refractivity contribution is 5.80. The number of unbranched alkanes of at least 4 members (excludes halogenated alkanes) is 3.